The topological polar surface area (TPSA) is 61.9 Å². The van der Waals surface area contributed by atoms with Crippen molar-refractivity contribution >= 4 is 47.2 Å². The van der Waals surface area contributed by atoms with Gasteiger partial charge in [0.15, 0.2) is 5.96 Å². The Kier molecular flexibility index (Phi) is 6.70. The molecule has 23 heavy (non-hydrogen) atoms. The molecule has 0 bridgehead atoms. The maximum absolute atomic E-state index is 12.3. The molecule has 1 aromatic heterocycles. The van der Waals surface area contributed by atoms with E-state index in [9.17, 15) is 4.79 Å². The number of likely N-dealkylation sites (tertiary alicyclic amines) is 1. The van der Waals surface area contributed by atoms with Crippen molar-refractivity contribution in [3.05, 3.63) is 21.9 Å². The molecule has 1 saturated heterocycles. The lowest BCUT2D eigenvalue weighted by Crippen LogP contribution is -2.44. The van der Waals surface area contributed by atoms with Crippen LogP contribution in [0.4, 0.5) is 0 Å². The Morgan fingerprint density at radius 1 is 1.43 bits per heavy atom. The van der Waals surface area contributed by atoms with Gasteiger partial charge in [0.1, 0.15) is 6.54 Å². The molecule has 1 fully saturated rings. The lowest BCUT2D eigenvalue weighted by molar-refractivity contribution is -0.130. The smallest absolute Gasteiger partial charge is 0.244 e. The molecular weight excluding hydrogens is 423 g/mol. The first-order valence-corrected chi connectivity index (χ1v) is 8.89. The van der Waals surface area contributed by atoms with Gasteiger partial charge in [-0.1, -0.05) is 6.92 Å². The first-order chi connectivity index (χ1) is 10.6. The number of aliphatic imine (C=N–C) groups is 1. The summed E-state index contributed by atoms with van der Waals surface area (Å²) >= 11 is 1.78. The number of carbonyl (C=O) groups is 1. The quantitative estimate of drug-likeness (QED) is 0.429. The molecule has 0 radical (unpaired) electrons. The summed E-state index contributed by atoms with van der Waals surface area (Å²) in [6, 6.07) is 2.12. The molecule has 128 valence electrons. The number of fused-ring (bicyclic) bond motifs is 1. The minimum atomic E-state index is 0. The number of thiophene rings is 1. The predicted molar refractivity (Wildman–Crippen MR) is 105 cm³/mol. The minimum Gasteiger partial charge on any atom is -0.370 e. The van der Waals surface area contributed by atoms with Gasteiger partial charge in [-0.15, -0.1) is 35.3 Å². The van der Waals surface area contributed by atoms with Crippen LogP contribution in [0, 0.1) is 5.92 Å². The molecule has 2 aliphatic rings. The minimum absolute atomic E-state index is 0. The van der Waals surface area contributed by atoms with Crippen molar-refractivity contribution in [2.45, 2.75) is 32.7 Å². The summed E-state index contributed by atoms with van der Waals surface area (Å²) in [7, 11) is 0. The number of carbonyl (C=O) groups excluding carboxylic acids is 1. The first-order valence-electron chi connectivity index (χ1n) is 8.01. The van der Waals surface area contributed by atoms with Crippen LogP contribution in [0.2, 0.25) is 0 Å². The summed E-state index contributed by atoms with van der Waals surface area (Å²) in [5, 5.41) is 2.10. The second-order valence-electron chi connectivity index (χ2n) is 6.30. The number of halogens is 1. The summed E-state index contributed by atoms with van der Waals surface area (Å²) in [6.07, 6.45) is 3.36. The van der Waals surface area contributed by atoms with Crippen molar-refractivity contribution in [1.29, 1.82) is 0 Å². The van der Waals surface area contributed by atoms with Crippen LogP contribution in [0.3, 0.4) is 0 Å². The van der Waals surface area contributed by atoms with Gasteiger partial charge in [0.2, 0.25) is 5.91 Å². The van der Waals surface area contributed by atoms with Gasteiger partial charge in [-0.25, -0.2) is 4.99 Å². The zero-order valence-corrected chi connectivity index (χ0v) is 16.7. The molecule has 1 atom stereocenters. The zero-order chi connectivity index (χ0) is 15.5. The highest BCUT2D eigenvalue weighted by molar-refractivity contribution is 14.0. The van der Waals surface area contributed by atoms with Crippen molar-refractivity contribution in [3.8, 4) is 0 Å². The van der Waals surface area contributed by atoms with Crippen molar-refractivity contribution < 1.29 is 4.79 Å². The van der Waals surface area contributed by atoms with E-state index in [1.165, 1.54) is 16.9 Å². The van der Waals surface area contributed by atoms with E-state index < -0.39 is 0 Å². The Balaban J connectivity index is 0.00000192. The Hall–Kier alpha value is -0.830. The summed E-state index contributed by atoms with van der Waals surface area (Å²) in [4.78, 5) is 22.1. The molecule has 0 aromatic carbocycles. The third-order valence-electron chi connectivity index (χ3n) is 4.52. The fraction of sp³-hybridized carbons (Fsp3) is 0.625. The predicted octanol–water partition coefficient (Wildman–Crippen LogP) is 2.30. The molecule has 0 saturated carbocycles. The largest absolute Gasteiger partial charge is 0.370 e. The van der Waals surface area contributed by atoms with E-state index in [1.54, 1.807) is 11.3 Å². The van der Waals surface area contributed by atoms with Gasteiger partial charge in [-0.3, -0.25) is 4.79 Å². The number of hydrogen-bond donors (Lipinski definition) is 1. The molecule has 7 heteroatoms. The van der Waals surface area contributed by atoms with Gasteiger partial charge < -0.3 is 15.5 Å². The Morgan fingerprint density at radius 2 is 2.26 bits per heavy atom. The van der Waals surface area contributed by atoms with Crippen LogP contribution in [0.15, 0.2) is 16.4 Å². The SMILES string of the molecule is CC1CCCN(C(N)=NCC(=O)N2CCc3sccc3C2)C1.I. The number of nitrogens with two attached hydrogens (primary N) is 1. The molecule has 0 aliphatic carbocycles. The van der Waals surface area contributed by atoms with Crippen molar-refractivity contribution in [2.24, 2.45) is 16.6 Å². The van der Waals surface area contributed by atoms with Crippen LogP contribution < -0.4 is 5.73 Å². The van der Waals surface area contributed by atoms with Crippen LogP contribution in [0.5, 0.6) is 0 Å². The van der Waals surface area contributed by atoms with Gasteiger partial charge in [0.05, 0.1) is 0 Å². The lowest BCUT2D eigenvalue weighted by atomic mass is 10.0. The molecule has 1 amide bonds. The van der Waals surface area contributed by atoms with Crippen LogP contribution in [-0.2, 0) is 17.8 Å². The lowest BCUT2D eigenvalue weighted by Gasteiger charge is -2.32. The van der Waals surface area contributed by atoms with E-state index in [4.69, 9.17) is 5.73 Å². The number of rotatable bonds is 2. The van der Waals surface area contributed by atoms with E-state index in [-0.39, 0.29) is 36.4 Å². The third kappa shape index (κ3) is 4.59. The maximum atomic E-state index is 12.3. The van der Waals surface area contributed by atoms with Gasteiger partial charge in [0.25, 0.3) is 0 Å². The Morgan fingerprint density at radius 3 is 3.04 bits per heavy atom. The summed E-state index contributed by atoms with van der Waals surface area (Å²) in [6.45, 7) is 5.81. The highest BCUT2D eigenvalue weighted by Gasteiger charge is 2.22. The maximum Gasteiger partial charge on any atom is 0.244 e. The van der Waals surface area contributed by atoms with Gasteiger partial charge in [-0.2, -0.15) is 0 Å². The number of hydrogen-bond acceptors (Lipinski definition) is 3. The molecule has 3 rings (SSSR count). The second kappa shape index (κ2) is 8.32. The summed E-state index contributed by atoms with van der Waals surface area (Å²) in [5.74, 6) is 1.25. The van der Waals surface area contributed by atoms with Crippen molar-refractivity contribution in [3.63, 3.8) is 0 Å². The van der Waals surface area contributed by atoms with Crippen molar-refractivity contribution in [1.82, 2.24) is 9.80 Å². The van der Waals surface area contributed by atoms with E-state index >= 15 is 0 Å². The van der Waals surface area contributed by atoms with Crippen LogP contribution >= 0.6 is 35.3 Å². The van der Waals surface area contributed by atoms with Crippen LogP contribution in [-0.4, -0.2) is 47.8 Å². The van der Waals surface area contributed by atoms with Crippen molar-refractivity contribution in [2.75, 3.05) is 26.2 Å². The second-order valence-corrected chi connectivity index (χ2v) is 7.30. The van der Waals surface area contributed by atoms with E-state index in [0.717, 1.165) is 32.5 Å². The summed E-state index contributed by atoms with van der Waals surface area (Å²) < 4.78 is 0. The van der Waals surface area contributed by atoms with Gasteiger partial charge >= 0.3 is 0 Å². The standard InChI is InChI=1S/C16H24N4OS.HI/c1-12-3-2-6-20(10-12)16(17)18-9-15(21)19-7-4-14-13(11-19)5-8-22-14;/h5,8,12H,2-4,6-7,9-11H2,1H3,(H2,17,18);1H. The molecule has 1 aromatic rings. The van der Waals surface area contributed by atoms with Crippen LogP contribution in [0.1, 0.15) is 30.2 Å². The molecule has 0 spiro atoms. The normalized spacial score (nSPS) is 21.6. The molecular formula is C16H25IN4OS. The average molecular weight is 448 g/mol. The summed E-state index contributed by atoms with van der Waals surface area (Å²) in [5.41, 5.74) is 7.34. The fourth-order valence-corrected chi connectivity index (χ4v) is 4.10. The molecule has 2 aliphatic heterocycles. The molecule has 5 nitrogen and oxygen atoms in total. The average Bonchev–Trinajstić information content (AvgIpc) is 2.99. The molecule has 1 unspecified atom stereocenters. The third-order valence-corrected chi connectivity index (χ3v) is 5.54. The van der Waals surface area contributed by atoms with Gasteiger partial charge in [0, 0.05) is 31.1 Å². The number of nitrogens with zero attached hydrogens (tertiary/aromatic N) is 3. The highest BCUT2D eigenvalue weighted by Crippen LogP contribution is 2.24. The Labute approximate surface area is 158 Å². The molecule has 2 N–H and O–H groups in total. The number of amides is 1. The fourth-order valence-electron chi connectivity index (χ4n) is 3.21. The number of piperidine rings is 1. The Bertz CT molecular complexity index is 574. The molecule has 3 heterocycles. The van der Waals surface area contributed by atoms with Crippen LogP contribution in [0.25, 0.3) is 0 Å². The van der Waals surface area contributed by atoms with E-state index in [1.807, 2.05) is 4.90 Å². The monoisotopic (exact) mass is 448 g/mol. The number of guanidine groups is 1. The van der Waals surface area contributed by atoms with E-state index in [2.05, 4.69) is 28.3 Å². The first kappa shape index (κ1) is 18.5. The zero-order valence-electron chi connectivity index (χ0n) is 13.5. The highest BCUT2D eigenvalue weighted by atomic mass is 127. The van der Waals surface area contributed by atoms with Gasteiger partial charge in [-0.05, 0) is 42.2 Å². The van der Waals surface area contributed by atoms with E-state index in [0.29, 0.717) is 18.4 Å².